The quantitative estimate of drug-likeness (QED) is 0.548. The van der Waals surface area contributed by atoms with Crippen molar-refractivity contribution in [3.8, 4) is 12.3 Å². The molecule has 0 radical (unpaired) electrons. The number of aromatic nitrogens is 3. The Morgan fingerprint density at radius 1 is 1.62 bits per heavy atom. The van der Waals surface area contributed by atoms with Gasteiger partial charge in [-0.2, -0.15) is 4.98 Å². The Bertz CT molecular complexity index is 832. The summed E-state index contributed by atoms with van der Waals surface area (Å²) in [4.78, 5) is 17.7. The number of terminal acetylenes is 1. The molecule has 3 heterocycles. The molecule has 0 aromatic carbocycles. The summed E-state index contributed by atoms with van der Waals surface area (Å²) < 4.78 is 7.63. The van der Waals surface area contributed by atoms with Gasteiger partial charge in [-0.1, -0.05) is 12.8 Å². The molecule has 1 fully saturated rings. The van der Waals surface area contributed by atoms with E-state index in [1.54, 1.807) is 12.3 Å². The van der Waals surface area contributed by atoms with Crippen LogP contribution in [-0.2, 0) is 9.53 Å². The number of fused-ring (bicyclic) bond motifs is 1. The summed E-state index contributed by atoms with van der Waals surface area (Å²) in [5.74, 6) is 2.13. The predicted molar refractivity (Wildman–Crippen MR) is 97.5 cm³/mol. The van der Waals surface area contributed by atoms with Crippen LogP contribution in [0, 0.1) is 12.3 Å². The van der Waals surface area contributed by atoms with E-state index in [1.807, 2.05) is 11.5 Å². The van der Waals surface area contributed by atoms with Crippen LogP contribution in [0.2, 0.25) is 5.28 Å². The van der Waals surface area contributed by atoms with Gasteiger partial charge in [-0.15, -0.1) is 6.42 Å². The second-order valence-electron chi connectivity index (χ2n) is 5.89. The second-order valence-corrected chi connectivity index (χ2v) is 6.23. The average molecular weight is 381 g/mol. The topological polar surface area (TPSA) is 123 Å². The lowest BCUT2D eigenvalue weighted by Gasteiger charge is -2.21. The van der Waals surface area contributed by atoms with Crippen LogP contribution in [0.4, 0.5) is 5.82 Å². The van der Waals surface area contributed by atoms with E-state index in [-0.39, 0.29) is 18.1 Å². The average Bonchev–Trinajstić information content (AvgIpc) is 3.19. The van der Waals surface area contributed by atoms with Gasteiger partial charge in [-0.25, -0.2) is 4.98 Å². The highest BCUT2D eigenvalue weighted by atomic mass is 35.5. The lowest BCUT2D eigenvalue weighted by Crippen LogP contribution is -2.31. The molecule has 0 bridgehead atoms. The number of ether oxygens (including phenoxy) is 1. The molecule has 1 saturated heterocycles. The normalized spacial score (nSPS) is 21.8. The highest BCUT2D eigenvalue weighted by molar-refractivity contribution is 6.28. The largest absolute Gasteiger partial charge is 0.481 e. The number of hydrogen-bond acceptors (Lipinski definition) is 6. The third kappa shape index (κ3) is 4.25. The van der Waals surface area contributed by atoms with Crippen LogP contribution < -0.4 is 5.73 Å². The first-order chi connectivity index (χ1) is 12.4. The van der Waals surface area contributed by atoms with Crippen LogP contribution in [-0.4, -0.2) is 42.9 Å². The monoisotopic (exact) mass is 380 g/mol. The Labute approximate surface area is 155 Å². The second kappa shape index (κ2) is 8.36. The van der Waals surface area contributed by atoms with E-state index in [4.69, 9.17) is 33.6 Å². The summed E-state index contributed by atoms with van der Waals surface area (Å²) in [7, 11) is 0. The molecule has 2 aromatic heterocycles. The minimum atomic E-state index is -0.927. The van der Waals surface area contributed by atoms with Crippen molar-refractivity contribution in [2.75, 3.05) is 12.3 Å². The Balaban J connectivity index is 0.000000352. The van der Waals surface area contributed by atoms with Crippen LogP contribution in [0.3, 0.4) is 0 Å². The molecule has 0 aliphatic carbocycles. The fraction of sp³-hybridized carbons (Fsp3) is 0.471. The van der Waals surface area contributed by atoms with Crippen molar-refractivity contribution in [1.82, 2.24) is 14.5 Å². The van der Waals surface area contributed by atoms with E-state index in [2.05, 4.69) is 15.9 Å². The number of aliphatic carboxylic acids is 1. The van der Waals surface area contributed by atoms with Crippen molar-refractivity contribution < 1.29 is 19.7 Å². The summed E-state index contributed by atoms with van der Waals surface area (Å²) >= 11 is 5.84. The molecule has 0 amide bonds. The summed E-state index contributed by atoms with van der Waals surface area (Å²) in [6.07, 6.45) is 9.23. The van der Waals surface area contributed by atoms with Gasteiger partial charge in [0.05, 0.1) is 12.0 Å². The molecular formula is C17H21ClN4O4. The van der Waals surface area contributed by atoms with E-state index in [9.17, 15) is 9.90 Å². The first kappa shape index (κ1) is 20.0. The molecular weight excluding hydrogens is 360 g/mol. The standard InChI is InChI=1S/C13H13ClN4O2.C4H8O2/c1-2-13(7-19)5-3-9(20-13)18-6-4-8-10(15)16-12(14)17-11(8)18;1-2-3-4(5)6/h1,4,6,9,19H,3,5,7H2,(H2,15,16,17);2-3H2,1H3,(H,5,6)/t9-,13+;/m1./s1. The van der Waals surface area contributed by atoms with Crippen LogP contribution in [0.15, 0.2) is 12.3 Å². The Morgan fingerprint density at radius 3 is 2.85 bits per heavy atom. The molecule has 4 N–H and O–H groups in total. The third-order valence-electron chi connectivity index (χ3n) is 4.02. The minimum absolute atomic E-state index is 0.0818. The Morgan fingerprint density at radius 2 is 2.35 bits per heavy atom. The zero-order valence-electron chi connectivity index (χ0n) is 14.4. The van der Waals surface area contributed by atoms with Crippen molar-refractivity contribution in [3.63, 3.8) is 0 Å². The van der Waals surface area contributed by atoms with Gasteiger partial charge < -0.3 is 25.3 Å². The number of nitrogen functional groups attached to an aromatic ring is 1. The van der Waals surface area contributed by atoms with E-state index in [0.717, 1.165) is 6.42 Å². The number of nitrogens with two attached hydrogens (primary N) is 1. The highest BCUT2D eigenvalue weighted by Crippen LogP contribution is 2.37. The van der Waals surface area contributed by atoms with Gasteiger partial charge in [0.15, 0.2) is 5.60 Å². The van der Waals surface area contributed by atoms with Crippen molar-refractivity contribution in [3.05, 3.63) is 17.5 Å². The van der Waals surface area contributed by atoms with Gasteiger partial charge in [-0.3, -0.25) is 4.79 Å². The van der Waals surface area contributed by atoms with Gasteiger partial charge in [0.1, 0.15) is 17.7 Å². The van der Waals surface area contributed by atoms with Crippen molar-refractivity contribution >= 4 is 34.4 Å². The maximum absolute atomic E-state index is 9.60. The first-order valence-corrected chi connectivity index (χ1v) is 8.51. The third-order valence-corrected chi connectivity index (χ3v) is 4.19. The molecule has 3 rings (SSSR count). The molecule has 26 heavy (non-hydrogen) atoms. The van der Waals surface area contributed by atoms with Crippen molar-refractivity contribution in [2.24, 2.45) is 0 Å². The van der Waals surface area contributed by atoms with Gasteiger partial charge >= 0.3 is 5.97 Å². The first-order valence-electron chi connectivity index (χ1n) is 8.13. The smallest absolute Gasteiger partial charge is 0.303 e. The maximum atomic E-state index is 9.60. The summed E-state index contributed by atoms with van der Waals surface area (Å²) in [6, 6.07) is 1.80. The molecule has 9 heteroatoms. The van der Waals surface area contributed by atoms with Gasteiger partial charge in [-0.05, 0) is 36.9 Å². The SMILES string of the molecule is C#C[C@@]1(CO)CC[C@H](n2ccc3c(N)nc(Cl)nc32)O1.CCCC(=O)O. The molecule has 2 atom stereocenters. The fourth-order valence-electron chi connectivity index (χ4n) is 2.67. The highest BCUT2D eigenvalue weighted by Gasteiger charge is 2.39. The van der Waals surface area contributed by atoms with E-state index in [1.165, 1.54) is 0 Å². The number of anilines is 1. The number of hydrogen-bond donors (Lipinski definition) is 3. The molecule has 140 valence electrons. The van der Waals surface area contributed by atoms with Gasteiger partial charge in [0.25, 0.3) is 0 Å². The number of rotatable bonds is 4. The molecule has 1 aliphatic rings. The lowest BCUT2D eigenvalue weighted by atomic mass is 10.0. The van der Waals surface area contributed by atoms with Crippen LogP contribution in [0.5, 0.6) is 0 Å². The van der Waals surface area contributed by atoms with Crippen LogP contribution in [0.25, 0.3) is 11.0 Å². The summed E-state index contributed by atoms with van der Waals surface area (Å²) in [5, 5.41) is 18.1. The minimum Gasteiger partial charge on any atom is -0.481 e. The number of halogens is 1. The molecule has 0 saturated carbocycles. The number of carboxylic acids is 1. The Kier molecular flexibility index (Phi) is 6.42. The van der Waals surface area contributed by atoms with E-state index < -0.39 is 11.6 Å². The summed E-state index contributed by atoms with van der Waals surface area (Å²) in [5.41, 5.74) is 5.48. The number of nitrogens with zero attached hydrogens (tertiary/aromatic N) is 3. The zero-order chi connectivity index (χ0) is 19.3. The molecule has 2 aromatic rings. The molecule has 8 nitrogen and oxygen atoms in total. The lowest BCUT2D eigenvalue weighted by molar-refractivity contribution is -0.137. The summed E-state index contributed by atoms with van der Waals surface area (Å²) in [6.45, 7) is 1.63. The number of carbonyl (C=O) groups is 1. The molecule has 1 aliphatic heterocycles. The fourth-order valence-corrected chi connectivity index (χ4v) is 2.85. The van der Waals surface area contributed by atoms with Gasteiger partial charge in [0.2, 0.25) is 5.28 Å². The predicted octanol–water partition coefficient (Wildman–Crippen LogP) is 2.21. The molecule has 0 unspecified atom stereocenters. The number of aliphatic hydroxyl groups is 1. The number of carboxylic acid groups (broad SMARTS) is 1. The van der Waals surface area contributed by atoms with Crippen LogP contribution in [0.1, 0.15) is 38.8 Å². The van der Waals surface area contributed by atoms with Crippen molar-refractivity contribution in [2.45, 2.75) is 44.4 Å². The maximum Gasteiger partial charge on any atom is 0.303 e. The van der Waals surface area contributed by atoms with Crippen LogP contribution >= 0.6 is 11.6 Å². The Hall–Kier alpha value is -2.34. The van der Waals surface area contributed by atoms with E-state index in [0.29, 0.717) is 36.1 Å². The van der Waals surface area contributed by atoms with Crippen molar-refractivity contribution in [1.29, 1.82) is 0 Å². The zero-order valence-corrected chi connectivity index (χ0v) is 15.1. The van der Waals surface area contributed by atoms with Gasteiger partial charge in [0, 0.05) is 12.6 Å². The molecule has 0 spiro atoms. The van der Waals surface area contributed by atoms with E-state index >= 15 is 0 Å². The number of aliphatic hydroxyl groups excluding tert-OH is 1.